The second-order valence-electron chi connectivity index (χ2n) is 7.34. The molecule has 2 aromatic carbocycles. The van der Waals surface area contributed by atoms with Crippen LogP contribution in [0.15, 0.2) is 59.0 Å². The lowest BCUT2D eigenvalue weighted by Crippen LogP contribution is -2.33. The van der Waals surface area contributed by atoms with Crippen LogP contribution in [0.3, 0.4) is 0 Å². The number of nitrogens with one attached hydrogen (secondary N) is 2. The van der Waals surface area contributed by atoms with Crippen LogP contribution in [0.2, 0.25) is 5.02 Å². The first-order chi connectivity index (χ1) is 16.2. The van der Waals surface area contributed by atoms with Gasteiger partial charge in [0.25, 0.3) is 5.91 Å². The highest BCUT2D eigenvalue weighted by molar-refractivity contribution is 7.80. The summed E-state index contributed by atoms with van der Waals surface area (Å²) in [6.45, 7) is 2.77. The molecule has 2 N–H and O–H groups in total. The molecule has 0 bridgehead atoms. The number of benzene rings is 2. The summed E-state index contributed by atoms with van der Waals surface area (Å²) < 4.78 is 50.1. The molecule has 0 aliphatic heterocycles. The van der Waals surface area contributed by atoms with E-state index >= 15 is 0 Å². The minimum atomic E-state index is -4.54. The molecule has 1 aromatic heterocycles. The van der Waals surface area contributed by atoms with Crippen molar-refractivity contribution in [2.75, 3.05) is 11.9 Å². The van der Waals surface area contributed by atoms with E-state index in [1.54, 1.807) is 24.3 Å². The van der Waals surface area contributed by atoms with Gasteiger partial charge in [-0.15, -0.1) is 0 Å². The first kappa shape index (κ1) is 25.6. The van der Waals surface area contributed by atoms with Gasteiger partial charge in [0.15, 0.2) is 10.9 Å². The molecule has 0 atom stereocenters. The molecule has 0 fully saturated rings. The Hall–Kier alpha value is -3.04. The number of anilines is 1. The van der Waals surface area contributed by atoms with Crippen LogP contribution in [0, 0.1) is 0 Å². The Bertz CT molecular complexity index is 1150. The van der Waals surface area contributed by atoms with Crippen LogP contribution >= 0.6 is 23.8 Å². The number of thiocarbonyl (C=S) groups is 1. The summed E-state index contributed by atoms with van der Waals surface area (Å²) in [5.74, 6) is -0.0474. The number of furan rings is 1. The van der Waals surface area contributed by atoms with E-state index in [-0.39, 0.29) is 27.2 Å². The highest BCUT2D eigenvalue weighted by Gasteiger charge is 2.31. The van der Waals surface area contributed by atoms with Gasteiger partial charge in [0.05, 0.1) is 17.2 Å². The summed E-state index contributed by atoms with van der Waals surface area (Å²) in [7, 11) is 0. The Kier molecular flexibility index (Phi) is 8.57. The summed E-state index contributed by atoms with van der Waals surface area (Å²) in [4.78, 5) is 12.5. The van der Waals surface area contributed by atoms with Crippen molar-refractivity contribution in [2.24, 2.45) is 0 Å². The molecule has 0 aliphatic carbocycles. The Morgan fingerprint density at radius 3 is 2.50 bits per heavy atom. The van der Waals surface area contributed by atoms with Gasteiger partial charge in [-0.1, -0.05) is 31.4 Å². The molecule has 0 saturated heterocycles. The lowest BCUT2D eigenvalue weighted by Gasteiger charge is -2.10. The normalized spacial score (nSPS) is 11.2. The fourth-order valence-corrected chi connectivity index (χ4v) is 3.42. The number of unbranched alkanes of at least 4 members (excludes halogenated alkanes) is 2. The fourth-order valence-electron chi connectivity index (χ4n) is 3.00. The zero-order valence-corrected chi connectivity index (χ0v) is 19.7. The van der Waals surface area contributed by atoms with Crippen molar-refractivity contribution in [1.29, 1.82) is 0 Å². The van der Waals surface area contributed by atoms with Gasteiger partial charge < -0.3 is 14.5 Å². The van der Waals surface area contributed by atoms with Gasteiger partial charge in [0.1, 0.15) is 11.5 Å². The standard InChI is InChI=1S/C24H22ClF3N2O3S/c1-2-3-4-13-32-17-8-6-16(7-9-17)29-23(34)30-22(31)21-12-11-20(33-21)18-14-15(24(26,27)28)5-10-19(18)25/h5-12,14H,2-4,13H2,1H3,(H2,29,30,31,34). The maximum atomic E-state index is 13.0. The van der Waals surface area contributed by atoms with Gasteiger partial charge in [0.2, 0.25) is 0 Å². The maximum absolute atomic E-state index is 13.0. The molecule has 1 heterocycles. The second-order valence-corrected chi connectivity index (χ2v) is 8.16. The molecule has 34 heavy (non-hydrogen) atoms. The first-order valence-corrected chi connectivity index (χ1v) is 11.3. The molecule has 180 valence electrons. The van der Waals surface area contributed by atoms with Crippen LogP contribution in [-0.4, -0.2) is 17.6 Å². The molecule has 5 nitrogen and oxygen atoms in total. The van der Waals surface area contributed by atoms with Crippen molar-refractivity contribution < 1.29 is 27.1 Å². The van der Waals surface area contributed by atoms with Gasteiger partial charge >= 0.3 is 6.18 Å². The fraction of sp³-hybridized carbons (Fsp3) is 0.250. The van der Waals surface area contributed by atoms with Crippen LogP contribution in [0.25, 0.3) is 11.3 Å². The van der Waals surface area contributed by atoms with Crippen LogP contribution in [0.4, 0.5) is 18.9 Å². The maximum Gasteiger partial charge on any atom is 0.416 e. The van der Waals surface area contributed by atoms with Gasteiger partial charge in [-0.05, 0) is 73.2 Å². The lowest BCUT2D eigenvalue weighted by atomic mass is 10.1. The van der Waals surface area contributed by atoms with E-state index < -0.39 is 17.6 Å². The van der Waals surface area contributed by atoms with E-state index in [1.165, 1.54) is 12.1 Å². The van der Waals surface area contributed by atoms with Crippen LogP contribution in [0.1, 0.15) is 42.3 Å². The molecule has 0 unspecified atom stereocenters. The minimum Gasteiger partial charge on any atom is -0.494 e. The third-order valence-corrected chi connectivity index (χ3v) is 5.28. The molecule has 1 amide bonds. The van der Waals surface area contributed by atoms with E-state index in [0.717, 1.165) is 43.2 Å². The van der Waals surface area contributed by atoms with Crippen molar-refractivity contribution in [2.45, 2.75) is 32.4 Å². The minimum absolute atomic E-state index is 0.0215. The van der Waals surface area contributed by atoms with Gasteiger partial charge in [-0.25, -0.2) is 0 Å². The van der Waals surface area contributed by atoms with Gasteiger partial charge in [0, 0.05) is 11.3 Å². The van der Waals surface area contributed by atoms with E-state index in [1.807, 2.05) is 0 Å². The first-order valence-electron chi connectivity index (χ1n) is 10.5. The predicted octanol–water partition coefficient (Wildman–Crippen LogP) is 7.31. The number of halogens is 4. The van der Waals surface area contributed by atoms with Crippen molar-refractivity contribution in [3.8, 4) is 17.1 Å². The largest absolute Gasteiger partial charge is 0.494 e. The second kappa shape index (κ2) is 11.4. The average molecular weight is 511 g/mol. The highest BCUT2D eigenvalue weighted by atomic mass is 35.5. The van der Waals surface area contributed by atoms with E-state index in [4.69, 9.17) is 33.0 Å². The predicted molar refractivity (Wildman–Crippen MR) is 129 cm³/mol. The molecule has 3 aromatic rings. The lowest BCUT2D eigenvalue weighted by molar-refractivity contribution is -0.137. The summed E-state index contributed by atoms with van der Waals surface area (Å²) in [5.41, 5.74) is -0.215. The zero-order chi connectivity index (χ0) is 24.7. The van der Waals surface area contributed by atoms with Gasteiger partial charge in [-0.2, -0.15) is 13.2 Å². The Labute approximate surface area is 205 Å². The average Bonchev–Trinajstić information content (AvgIpc) is 3.27. The molecular formula is C24H22ClF3N2O3S. The van der Waals surface area contributed by atoms with Crippen molar-refractivity contribution in [3.05, 3.63) is 70.9 Å². The van der Waals surface area contributed by atoms with E-state index in [2.05, 4.69) is 17.6 Å². The molecule has 10 heteroatoms. The number of carbonyl (C=O) groups excluding carboxylic acids is 1. The smallest absolute Gasteiger partial charge is 0.416 e. The topological polar surface area (TPSA) is 63.5 Å². The van der Waals surface area contributed by atoms with Crippen LogP contribution in [0.5, 0.6) is 5.75 Å². The Morgan fingerprint density at radius 2 is 1.82 bits per heavy atom. The summed E-state index contributed by atoms with van der Waals surface area (Å²) in [5, 5.41) is 5.42. The number of amides is 1. The highest BCUT2D eigenvalue weighted by Crippen LogP contribution is 2.36. The van der Waals surface area contributed by atoms with E-state index in [0.29, 0.717) is 12.3 Å². The zero-order valence-electron chi connectivity index (χ0n) is 18.2. The Morgan fingerprint density at radius 1 is 1.09 bits per heavy atom. The van der Waals surface area contributed by atoms with Crippen LogP contribution < -0.4 is 15.4 Å². The van der Waals surface area contributed by atoms with E-state index in [9.17, 15) is 18.0 Å². The molecule has 0 aliphatic rings. The quantitative estimate of drug-likeness (QED) is 0.245. The summed E-state index contributed by atoms with van der Waals surface area (Å²) >= 11 is 11.2. The monoisotopic (exact) mass is 510 g/mol. The Balaban J connectivity index is 1.59. The van der Waals surface area contributed by atoms with Crippen LogP contribution in [-0.2, 0) is 6.18 Å². The third kappa shape index (κ3) is 6.98. The van der Waals surface area contributed by atoms with Crippen molar-refractivity contribution in [1.82, 2.24) is 5.32 Å². The number of hydrogen-bond donors (Lipinski definition) is 2. The molecule has 0 saturated carbocycles. The number of rotatable bonds is 8. The van der Waals surface area contributed by atoms with Crippen molar-refractivity contribution in [3.63, 3.8) is 0 Å². The molecule has 0 spiro atoms. The third-order valence-electron chi connectivity index (χ3n) is 4.74. The summed E-state index contributed by atoms with van der Waals surface area (Å²) in [6, 6.07) is 12.7. The number of ether oxygens (including phenoxy) is 1. The van der Waals surface area contributed by atoms with Crippen molar-refractivity contribution >= 4 is 40.5 Å². The number of alkyl halides is 3. The molecule has 0 radical (unpaired) electrons. The SMILES string of the molecule is CCCCCOc1ccc(NC(=S)NC(=O)c2ccc(-c3cc(C(F)(F)F)ccc3Cl)o2)cc1. The molecule has 3 rings (SSSR count). The number of carbonyl (C=O) groups is 1. The van der Waals surface area contributed by atoms with Gasteiger partial charge in [-0.3, -0.25) is 10.1 Å². The molecular weight excluding hydrogens is 489 g/mol. The number of hydrogen-bond acceptors (Lipinski definition) is 4. The summed E-state index contributed by atoms with van der Waals surface area (Å²) in [6.07, 6.45) is -1.32.